The highest BCUT2D eigenvalue weighted by molar-refractivity contribution is 7.99. The van der Waals surface area contributed by atoms with Crippen LogP contribution in [0.1, 0.15) is 27.2 Å². The van der Waals surface area contributed by atoms with Crippen molar-refractivity contribution >= 4 is 17.8 Å². The Morgan fingerprint density at radius 3 is 2.57 bits per heavy atom. The number of carbonyl (C=O) groups excluding carboxylic acids is 1. The summed E-state index contributed by atoms with van der Waals surface area (Å²) in [7, 11) is 0. The van der Waals surface area contributed by atoms with Crippen LogP contribution in [-0.4, -0.2) is 36.3 Å². The Morgan fingerprint density at radius 1 is 1.33 bits per heavy atom. The molecule has 0 fully saturated rings. The lowest BCUT2D eigenvalue weighted by molar-refractivity contribution is 0.194. The van der Waals surface area contributed by atoms with E-state index in [1.807, 2.05) is 11.8 Å². The Labute approximate surface area is 131 Å². The first kappa shape index (κ1) is 17.8. The minimum Gasteiger partial charge on any atom is -0.338 e. The Morgan fingerprint density at radius 2 is 2.00 bits per heavy atom. The quantitative estimate of drug-likeness (QED) is 0.581. The second kappa shape index (κ2) is 9.66. The van der Waals surface area contributed by atoms with Crippen LogP contribution in [0.2, 0.25) is 0 Å². The van der Waals surface area contributed by atoms with E-state index in [-0.39, 0.29) is 11.8 Å². The second-order valence-electron chi connectivity index (χ2n) is 5.32. The van der Waals surface area contributed by atoms with E-state index in [1.165, 1.54) is 12.1 Å². The third-order valence-corrected chi connectivity index (χ3v) is 4.03. The summed E-state index contributed by atoms with van der Waals surface area (Å²) in [6.45, 7) is 8.39. The van der Waals surface area contributed by atoms with Crippen LogP contribution in [0.25, 0.3) is 0 Å². The van der Waals surface area contributed by atoms with E-state index in [0.717, 1.165) is 30.2 Å². The van der Waals surface area contributed by atoms with Gasteiger partial charge in [-0.05, 0) is 49.3 Å². The second-order valence-corrected chi connectivity index (χ2v) is 6.49. The zero-order valence-corrected chi connectivity index (χ0v) is 13.9. The molecule has 1 aromatic rings. The van der Waals surface area contributed by atoms with Crippen LogP contribution < -0.4 is 5.32 Å². The lowest BCUT2D eigenvalue weighted by Gasteiger charge is -2.23. The van der Waals surface area contributed by atoms with Crippen molar-refractivity contribution in [3.63, 3.8) is 0 Å². The first-order valence-electron chi connectivity index (χ1n) is 7.44. The van der Waals surface area contributed by atoms with Crippen LogP contribution in [-0.2, 0) is 0 Å². The van der Waals surface area contributed by atoms with E-state index in [9.17, 15) is 9.18 Å². The van der Waals surface area contributed by atoms with Gasteiger partial charge >= 0.3 is 6.03 Å². The predicted molar refractivity (Wildman–Crippen MR) is 87.2 cm³/mol. The maximum Gasteiger partial charge on any atom is 0.317 e. The third kappa shape index (κ3) is 7.37. The van der Waals surface area contributed by atoms with Gasteiger partial charge in [-0.25, -0.2) is 9.18 Å². The number of thioether (sulfide) groups is 1. The molecule has 118 valence electrons. The molecule has 1 rings (SSSR count). The molecule has 2 amide bonds. The molecule has 1 aromatic carbocycles. The summed E-state index contributed by atoms with van der Waals surface area (Å²) < 4.78 is 12.8. The van der Waals surface area contributed by atoms with E-state index >= 15 is 0 Å². The maximum absolute atomic E-state index is 12.8. The zero-order chi connectivity index (χ0) is 15.7. The molecule has 3 nitrogen and oxygen atoms in total. The molecule has 5 heteroatoms. The number of nitrogens with zero attached hydrogens (tertiary/aromatic N) is 1. The molecule has 0 bridgehead atoms. The van der Waals surface area contributed by atoms with Crippen molar-refractivity contribution in [2.24, 2.45) is 5.92 Å². The van der Waals surface area contributed by atoms with Crippen LogP contribution >= 0.6 is 11.8 Å². The number of rotatable bonds is 8. The van der Waals surface area contributed by atoms with Crippen molar-refractivity contribution in [3.8, 4) is 0 Å². The number of benzene rings is 1. The highest BCUT2D eigenvalue weighted by atomic mass is 32.2. The van der Waals surface area contributed by atoms with Gasteiger partial charge in [-0.15, -0.1) is 11.8 Å². The van der Waals surface area contributed by atoms with E-state index in [2.05, 4.69) is 19.2 Å². The zero-order valence-electron chi connectivity index (χ0n) is 13.1. The van der Waals surface area contributed by atoms with Crippen LogP contribution in [0, 0.1) is 11.7 Å². The monoisotopic (exact) mass is 312 g/mol. The van der Waals surface area contributed by atoms with Gasteiger partial charge in [0.2, 0.25) is 0 Å². The van der Waals surface area contributed by atoms with Crippen LogP contribution in [0.4, 0.5) is 9.18 Å². The predicted octanol–water partition coefficient (Wildman–Crippen LogP) is 4.00. The molecule has 0 unspecified atom stereocenters. The molecule has 0 aromatic heterocycles. The molecule has 0 aliphatic heterocycles. The molecule has 1 N–H and O–H groups in total. The van der Waals surface area contributed by atoms with Crippen molar-refractivity contribution in [2.75, 3.05) is 25.4 Å². The number of hydrogen-bond donors (Lipinski definition) is 1. The standard InChI is InChI=1S/C16H25FN2OS/c1-4-19(12-13(2)3)16(20)18-10-5-11-21-15-8-6-14(17)7-9-15/h6-9,13H,4-5,10-12H2,1-3H3,(H,18,20). The fraction of sp³-hybridized carbons (Fsp3) is 0.562. The van der Waals surface area contributed by atoms with Gasteiger partial charge in [0, 0.05) is 24.5 Å². The van der Waals surface area contributed by atoms with E-state index in [1.54, 1.807) is 23.9 Å². The van der Waals surface area contributed by atoms with E-state index in [0.29, 0.717) is 12.5 Å². The molecule has 0 aliphatic carbocycles. The van der Waals surface area contributed by atoms with Gasteiger partial charge in [0.25, 0.3) is 0 Å². The van der Waals surface area contributed by atoms with Gasteiger partial charge in [0.05, 0.1) is 0 Å². The Hall–Kier alpha value is -1.23. The molecule has 0 saturated carbocycles. The van der Waals surface area contributed by atoms with Crippen LogP contribution in [0.5, 0.6) is 0 Å². The molecule has 0 heterocycles. The Balaban J connectivity index is 2.18. The SMILES string of the molecule is CCN(CC(C)C)C(=O)NCCCSc1ccc(F)cc1. The van der Waals surface area contributed by atoms with Crippen molar-refractivity contribution in [3.05, 3.63) is 30.1 Å². The van der Waals surface area contributed by atoms with Gasteiger partial charge in [0.1, 0.15) is 5.82 Å². The molecule has 0 spiro atoms. The fourth-order valence-corrected chi connectivity index (χ4v) is 2.75. The summed E-state index contributed by atoms with van der Waals surface area (Å²) in [5.74, 6) is 1.17. The highest BCUT2D eigenvalue weighted by Gasteiger charge is 2.11. The molecule has 0 atom stereocenters. The number of amides is 2. The van der Waals surface area contributed by atoms with Gasteiger partial charge in [-0.2, -0.15) is 0 Å². The minimum absolute atomic E-state index is 0.0120. The Bertz CT molecular complexity index is 423. The summed E-state index contributed by atoms with van der Waals surface area (Å²) in [6.07, 6.45) is 0.896. The summed E-state index contributed by atoms with van der Waals surface area (Å²) in [5, 5.41) is 2.95. The summed E-state index contributed by atoms with van der Waals surface area (Å²) >= 11 is 1.67. The fourth-order valence-electron chi connectivity index (χ4n) is 1.90. The number of carbonyl (C=O) groups is 1. The number of urea groups is 1. The average molecular weight is 312 g/mol. The molecular formula is C16H25FN2OS. The first-order chi connectivity index (χ1) is 10.0. The summed E-state index contributed by atoms with van der Waals surface area (Å²) in [5.41, 5.74) is 0. The van der Waals surface area contributed by atoms with E-state index < -0.39 is 0 Å². The van der Waals surface area contributed by atoms with Gasteiger partial charge in [0.15, 0.2) is 0 Å². The number of nitrogens with one attached hydrogen (secondary N) is 1. The minimum atomic E-state index is -0.212. The summed E-state index contributed by atoms with van der Waals surface area (Å²) in [4.78, 5) is 14.8. The largest absolute Gasteiger partial charge is 0.338 e. The van der Waals surface area contributed by atoms with Gasteiger partial charge < -0.3 is 10.2 Å². The molecular weight excluding hydrogens is 287 g/mol. The topological polar surface area (TPSA) is 32.3 Å². The average Bonchev–Trinajstić information content (AvgIpc) is 2.46. The molecule has 0 aliphatic rings. The normalized spacial score (nSPS) is 10.7. The lowest BCUT2D eigenvalue weighted by Crippen LogP contribution is -2.42. The van der Waals surface area contributed by atoms with Crippen molar-refractivity contribution in [2.45, 2.75) is 32.1 Å². The van der Waals surface area contributed by atoms with Crippen molar-refractivity contribution < 1.29 is 9.18 Å². The van der Waals surface area contributed by atoms with Crippen molar-refractivity contribution in [1.82, 2.24) is 10.2 Å². The first-order valence-corrected chi connectivity index (χ1v) is 8.42. The smallest absolute Gasteiger partial charge is 0.317 e. The summed E-state index contributed by atoms with van der Waals surface area (Å²) in [6, 6.07) is 6.50. The van der Waals surface area contributed by atoms with Gasteiger partial charge in [-0.3, -0.25) is 0 Å². The van der Waals surface area contributed by atoms with E-state index in [4.69, 9.17) is 0 Å². The third-order valence-electron chi connectivity index (χ3n) is 2.93. The highest BCUT2D eigenvalue weighted by Crippen LogP contribution is 2.18. The number of hydrogen-bond acceptors (Lipinski definition) is 2. The molecule has 21 heavy (non-hydrogen) atoms. The molecule has 0 radical (unpaired) electrons. The maximum atomic E-state index is 12.8. The lowest BCUT2D eigenvalue weighted by atomic mass is 10.2. The van der Waals surface area contributed by atoms with Crippen LogP contribution in [0.15, 0.2) is 29.2 Å². The van der Waals surface area contributed by atoms with Crippen LogP contribution in [0.3, 0.4) is 0 Å². The Kier molecular flexibility index (Phi) is 8.20. The number of halogens is 1. The van der Waals surface area contributed by atoms with Crippen molar-refractivity contribution in [1.29, 1.82) is 0 Å². The molecule has 0 saturated heterocycles. The van der Waals surface area contributed by atoms with Gasteiger partial charge in [-0.1, -0.05) is 13.8 Å².